The number of benzene rings is 1. The van der Waals surface area contributed by atoms with E-state index in [-0.39, 0.29) is 6.03 Å². The van der Waals surface area contributed by atoms with Gasteiger partial charge in [-0.25, -0.2) is 4.79 Å². The van der Waals surface area contributed by atoms with Crippen LogP contribution in [-0.2, 0) is 0 Å². The summed E-state index contributed by atoms with van der Waals surface area (Å²) in [5.74, 6) is 0. The van der Waals surface area contributed by atoms with Gasteiger partial charge in [-0.3, -0.25) is 0 Å². The van der Waals surface area contributed by atoms with Gasteiger partial charge in [-0.2, -0.15) is 0 Å². The third-order valence-corrected chi connectivity index (χ3v) is 1.88. The molecule has 3 nitrogen and oxygen atoms in total. The number of thiol groups is 1. The highest BCUT2D eigenvalue weighted by atomic mass is 32.1. The van der Waals surface area contributed by atoms with E-state index in [1.54, 1.807) is 6.07 Å². The molecule has 1 aromatic rings. The van der Waals surface area contributed by atoms with Gasteiger partial charge in [0, 0.05) is 11.4 Å². The van der Waals surface area contributed by atoms with Crippen molar-refractivity contribution in [2.45, 2.75) is 11.8 Å². The minimum Gasteiger partial charge on any atom is -0.338 e. The number of para-hydroxylation sites is 1. The molecule has 1 rings (SSSR count). The molecule has 1 aromatic carbocycles. The van der Waals surface area contributed by atoms with Gasteiger partial charge >= 0.3 is 6.03 Å². The molecule has 0 fully saturated rings. The van der Waals surface area contributed by atoms with Gasteiger partial charge in [-0.15, -0.1) is 12.6 Å². The number of carbonyl (C=O) groups is 1. The fourth-order valence-corrected chi connectivity index (χ4v) is 1.12. The molecule has 0 aliphatic heterocycles. The van der Waals surface area contributed by atoms with Gasteiger partial charge in [0.15, 0.2) is 0 Å². The van der Waals surface area contributed by atoms with Crippen molar-refractivity contribution in [3.63, 3.8) is 0 Å². The highest BCUT2D eigenvalue weighted by Crippen LogP contribution is 2.17. The lowest BCUT2D eigenvalue weighted by Crippen LogP contribution is -2.28. The number of amides is 2. The van der Waals surface area contributed by atoms with Crippen molar-refractivity contribution in [2.75, 3.05) is 11.9 Å². The molecule has 0 unspecified atom stereocenters. The number of nitrogens with one attached hydrogen (secondary N) is 2. The van der Waals surface area contributed by atoms with Crippen LogP contribution in [0.3, 0.4) is 0 Å². The molecule has 2 amide bonds. The minimum absolute atomic E-state index is 0.205. The Bertz CT molecular complexity index is 301. The zero-order valence-corrected chi connectivity index (χ0v) is 8.27. The van der Waals surface area contributed by atoms with Crippen LogP contribution in [0.1, 0.15) is 6.92 Å². The van der Waals surface area contributed by atoms with Gasteiger partial charge in [-0.05, 0) is 19.1 Å². The molecule has 0 bridgehead atoms. The van der Waals surface area contributed by atoms with Crippen LogP contribution in [0.25, 0.3) is 0 Å². The van der Waals surface area contributed by atoms with Gasteiger partial charge in [0.05, 0.1) is 5.69 Å². The number of hydrogen-bond donors (Lipinski definition) is 3. The van der Waals surface area contributed by atoms with E-state index in [0.717, 1.165) is 10.6 Å². The smallest absolute Gasteiger partial charge is 0.319 e. The molecule has 0 aliphatic carbocycles. The summed E-state index contributed by atoms with van der Waals surface area (Å²) in [7, 11) is 0. The van der Waals surface area contributed by atoms with E-state index in [9.17, 15) is 4.79 Å². The van der Waals surface area contributed by atoms with Crippen LogP contribution in [0.15, 0.2) is 29.2 Å². The summed E-state index contributed by atoms with van der Waals surface area (Å²) < 4.78 is 0. The zero-order chi connectivity index (χ0) is 9.68. The lowest BCUT2D eigenvalue weighted by Gasteiger charge is -2.07. The average molecular weight is 196 g/mol. The zero-order valence-electron chi connectivity index (χ0n) is 7.37. The molecule has 0 heterocycles. The van der Waals surface area contributed by atoms with Crippen LogP contribution >= 0.6 is 12.6 Å². The molecule has 0 aromatic heterocycles. The maximum atomic E-state index is 11.1. The minimum atomic E-state index is -0.205. The summed E-state index contributed by atoms with van der Waals surface area (Å²) in [5.41, 5.74) is 0.719. The highest BCUT2D eigenvalue weighted by molar-refractivity contribution is 7.80. The molecule has 0 atom stereocenters. The van der Waals surface area contributed by atoms with Crippen LogP contribution in [0, 0.1) is 0 Å². The molecule has 0 saturated heterocycles. The molecule has 0 aliphatic rings. The van der Waals surface area contributed by atoms with Crippen molar-refractivity contribution in [1.29, 1.82) is 0 Å². The first kappa shape index (κ1) is 9.92. The Morgan fingerprint density at radius 1 is 1.46 bits per heavy atom. The number of anilines is 1. The van der Waals surface area contributed by atoms with E-state index in [1.807, 2.05) is 25.1 Å². The largest absolute Gasteiger partial charge is 0.338 e. The van der Waals surface area contributed by atoms with E-state index < -0.39 is 0 Å². The fourth-order valence-electron chi connectivity index (χ4n) is 0.906. The fraction of sp³-hybridized carbons (Fsp3) is 0.222. The van der Waals surface area contributed by atoms with Crippen LogP contribution in [0.4, 0.5) is 10.5 Å². The van der Waals surface area contributed by atoms with E-state index in [1.165, 1.54) is 0 Å². The summed E-state index contributed by atoms with van der Waals surface area (Å²) in [6.45, 7) is 2.48. The Morgan fingerprint density at radius 2 is 2.15 bits per heavy atom. The van der Waals surface area contributed by atoms with Crippen molar-refractivity contribution < 1.29 is 4.79 Å². The van der Waals surface area contributed by atoms with Gasteiger partial charge < -0.3 is 10.6 Å². The van der Waals surface area contributed by atoms with Crippen molar-refractivity contribution >= 4 is 24.3 Å². The van der Waals surface area contributed by atoms with Crippen LogP contribution in [0.2, 0.25) is 0 Å². The molecule has 0 spiro atoms. The maximum Gasteiger partial charge on any atom is 0.319 e. The number of carbonyl (C=O) groups excluding carboxylic acids is 1. The summed E-state index contributed by atoms with van der Waals surface area (Å²) >= 11 is 4.20. The Hall–Kier alpha value is -1.16. The SMILES string of the molecule is CCNC(=O)Nc1ccccc1S. The molecule has 13 heavy (non-hydrogen) atoms. The van der Waals surface area contributed by atoms with Crippen LogP contribution in [-0.4, -0.2) is 12.6 Å². The van der Waals surface area contributed by atoms with E-state index >= 15 is 0 Å². The van der Waals surface area contributed by atoms with Crippen LogP contribution < -0.4 is 10.6 Å². The summed E-state index contributed by atoms with van der Waals surface area (Å²) in [5, 5.41) is 5.32. The summed E-state index contributed by atoms with van der Waals surface area (Å²) in [6.07, 6.45) is 0. The monoisotopic (exact) mass is 196 g/mol. The molecular formula is C9H12N2OS. The number of hydrogen-bond acceptors (Lipinski definition) is 2. The topological polar surface area (TPSA) is 41.1 Å². The lowest BCUT2D eigenvalue weighted by atomic mass is 10.3. The van der Waals surface area contributed by atoms with E-state index in [0.29, 0.717) is 6.54 Å². The van der Waals surface area contributed by atoms with Crippen molar-refractivity contribution in [3.8, 4) is 0 Å². The normalized spacial score (nSPS) is 9.38. The standard InChI is InChI=1S/C9H12N2OS/c1-2-10-9(12)11-7-5-3-4-6-8(7)13/h3-6,13H,2H2,1H3,(H2,10,11,12). The Morgan fingerprint density at radius 3 is 2.77 bits per heavy atom. The summed E-state index contributed by atoms with van der Waals surface area (Å²) in [4.78, 5) is 11.9. The van der Waals surface area contributed by atoms with Gasteiger partial charge in [0.1, 0.15) is 0 Å². The van der Waals surface area contributed by atoms with Crippen molar-refractivity contribution in [3.05, 3.63) is 24.3 Å². The Kier molecular flexibility index (Phi) is 3.64. The first-order valence-corrected chi connectivity index (χ1v) is 4.51. The molecular weight excluding hydrogens is 184 g/mol. The average Bonchev–Trinajstić information content (AvgIpc) is 2.09. The van der Waals surface area contributed by atoms with Gasteiger partial charge in [0.25, 0.3) is 0 Å². The quantitative estimate of drug-likeness (QED) is 0.623. The van der Waals surface area contributed by atoms with E-state index in [4.69, 9.17) is 0 Å². The second-order valence-corrected chi connectivity index (χ2v) is 2.98. The van der Waals surface area contributed by atoms with Crippen LogP contribution in [0.5, 0.6) is 0 Å². The number of rotatable bonds is 2. The van der Waals surface area contributed by atoms with Gasteiger partial charge in [0.2, 0.25) is 0 Å². The second-order valence-electron chi connectivity index (χ2n) is 2.50. The molecule has 4 heteroatoms. The predicted octanol–water partition coefficient (Wildman–Crippen LogP) is 2.12. The van der Waals surface area contributed by atoms with Gasteiger partial charge in [-0.1, -0.05) is 12.1 Å². The van der Waals surface area contributed by atoms with Crippen molar-refractivity contribution in [1.82, 2.24) is 5.32 Å². The third kappa shape index (κ3) is 2.99. The van der Waals surface area contributed by atoms with E-state index in [2.05, 4.69) is 23.3 Å². The lowest BCUT2D eigenvalue weighted by molar-refractivity contribution is 0.252. The molecule has 0 saturated carbocycles. The highest BCUT2D eigenvalue weighted by Gasteiger charge is 2.01. The molecule has 70 valence electrons. The second kappa shape index (κ2) is 4.77. The Labute approximate surface area is 82.9 Å². The first-order valence-electron chi connectivity index (χ1n) is 4.07. The number of urea groups is 1. The maximum absolute atomic E-state index is 11.1. The Balaban J connectivity index is 2.63. The first-order chi connectivity index (χ1) is 6.24. The predicted molar refractivity (Wildman–Crippen MR) is 56.4 cm³/mol. The van der Waals surface area contributed by atoms with Crippen molar-refractivity contribution in [2.24, 2.45) is 0 Å². The summed E-state index contributed by atoms with van der Waals surface area (Å²) in [6, 6.07) is 7.14. The third-order valence-electron chi connectivity index (χ3n) is 1.49. The molecule has 2 N–H and O–H groups in total. The molecule has 0 radical (unpaired) electrons.